The fraction of sp³-hybridized carbons (Fsp3) is 0.500. The summed E-state index contributed by atoms with van der Waals surface area (Å²) >= 11 is 0. The van der Waals surface area contributed by atoms with Crippen molar-refractivity contribution in [3.63, 3.8) is 0 Å². The van der Waals surface area contributed by atoms with Gasteiger partial charge in [-0.25, -0.2) is 4.98 Å². The van der Waals surface area contributed by atoms with Crippen LogP contribution in [0.5, 0.6) is 5.88 Å². The number of rotatable bonds is 3. The molecule has 0 aliphatic rings. The highest BCUT2D eigenvalue weighted by molar-refractivity contribution is 5.81. The molecule has 0 unspecified atom stereocenters. The van der Waals surface area contributed by atoms with Gasteiger partial charge in [0, 0.05) is 25.6 Å². The van der Waals surface area contributed by atoms with Gasteiger partial charge in [0.15, 0.2) is 0 Å². The molecule has 90 valence electrons. The van der Waals surface area contributed by atoms with Crippen molar-refractivity contribution in [1.82, 2.24) is 10.3 Å². The summed E-state index contributed by atoms with van der Waals surface area (Å²) < 4.78 is 4.95. The molecule has 1 aromatic heterocycles. The maximum atomic E-state index is 11.6. The zero-order valence-electron chi connectivity index (χ0n) is 10.2. The number of amides is 1. The van der Waals surface area contributed by atoms with Gasteiger partial charge in [0.2, 0.25) is 11.8 Å². The number of carbonyl (C=O) groups is 1. The Hall–Kier alpha value is -1.58. The Morgan fingerprint density at radius 1 is 1.50 bits per heavy atom. The van der Waals surface area contributed by atoms with Gasteiger partial charge in [-0.1, -0.05) is 26.8 Å². The first kappa shape index (κ1) is 12.5. The second kappa shape index (κ2) is 4.96. The molecule has 0 aromatic carbocycles. The van der Waals surface area contributed by atoms with Crippen LogP contribution in [0.15, 0.2) is 18.3 Å². The topological polar surface area (TPSA) is 51.2 Å². The van der Waals surface area contributed by atoms with E-state index in [2.05, 4.69) is 10.3 Å². The second-order valence-electron chi connectivity index (χ2n) is 4.64. The fourth-order valence-corrected chi connectivity index (χ4v) is 1.08. The van der Waals surface area contributed by atoms with Gasteiger partial charge in [-0.3, -0.25) is 4.79 Å². The van der Waals surface area contributed by atoms with Crippen molar-refractivity contribution in [2.45, 2.75) is 27.3 Å². The third-order valence-electron chi connectivity index (χ3n) is 2.14. The van der Waals surface area contributed by atoms with E-state index in [-0.39, 0.29) is 12.7 Å². The molecule has 0 spiro atoms. The molecule has 0 bridgehead atoms. The third-order valence-corrected chi connectivity index (χ3v) is 2.14. The number of aromatic nitrogens is 1. The molecule has 0 aliphatic carbocycles. The highest BCUT2D eigenvalue weighted by Crippen LogP contribution is 2.13. The molecule has 0 aliphatic heterocycles. The number of nitrogens with zero attached hydrogens (tertiary/aromatic N) is 1. The number of hydrogen-bond donors (Lipinski definition) is 1. The molecule has 0 saturated heterocycles. The van der Waals surface area contributed by atoms with Crippen LogP contribution >= 0.6 is 0 Å². The molecule has 1 amide bonds. The maximum absolute atomic E-state index is 11.6. The SMILES string of the molecule is COc1ccc(CNC(=O)C(C)(C)C)cn1.[HH]. The molecule has 0 atom stereocenters. The third kappa shape index (κ3) is 3.53. The van der Waals surface area contributed by atoms with Gasteiger partial charge in [0.1, 0.15) is 0 Å². The van der Waals surface area contributed by atoms with Crippen LogP contribution in [-0.4, -0.2) is 18.0 Å². The highest BCUT2D eigenvalue weighted by Gasteiger charge is 2.20. The molecule has 1 N–H and O–H groups in total. The van der Waals surface area contributed by atoms with E-state index in [9.17, 15) is 4.79 Å². The van der Waals surface area contributed by atoms with Crippen molar-refractivity contribution in [3.8, 4) is 5.88 Å². The summed E-state index contributed by atoms with van der Waals surface area (Å²) in [6.45, 7) is 6.14. The van der Waals surface area contributed by atoms with E-state index in [0.29, 0.717) is 12.4 Å². The molecule has 16 heavy (non-hydrogen) atoms. The summed E-state index contributed by atoms with van der Waals surface area (Å²) in [4.78, 5) is 15.7. The van der Waals surface area contributed by atoms with Crippen molar-refractivity contribution in [1.29, 1.82) is 0 Å². The first-order valence-corrected chi connectivity index (χ1v) is 5.20. The van der Waals surface area contributed by atoms with Gasteiger partial charge in [-0.15, -0.1) is 0 Å². The van der Waals surface area contributed by atoms with Crippen molar-refractivity contribution in [2.24, 2.45) is 5.41 Å². The lowest BCUT2D eigenvalue weighted by molar-refractivity contribution is -0.128. The molecule has 1 rings (SSSR count). The molecule has 0 saturated carbocycles. The van der Waals surface area contributed by atoms with Crippen LogP contribution in [0.3, 0.4) is 0 Å². The Kier molecular flexibility index (Phi) is 3.88. The van der Waals surface area contributed by atoms with Gasteiger partial charge < -0.3 is 10.1 Å². The van der Waals surface area contributed by atoms with E-state index in [0.717, 1.165) is 5.56 Å². The summed E-state index contributed by atoms with van der Waals surface area (Å²) in [6, 6.07) is 3.66. The van der Waals surface area contributed by atoms with Gasteiger partial charge >= 0.3 is 0 Å². The average molecular weight is 224 g/mol. The molecule has 4 nitrogen and oxygen atoms in total. The van der Waals surface area contributed by atoms with Crippen LogP contribution in [0.2, 0.25) is 0 Å². The molecule has 0 fully saturated rings. The van der Waals surface area contributed by atoms with Crippen molar-refractivity contribution in [2.75, 3.05) is 7.11 Å². The lowest BCUT2D eigenvalue weighted by Crippen LogP contribution is -2.34. The van der Waals surface area contributed by atoms with E-state index in [1.165, 1.54) is 0 Å². The van der Waals surface area contributed by atoms with Crippen molar-refractivity contribution >= 4 is 5.91 Å². The minimum absolute atomic E-state index is 0. The van der Waals surface area contributed by atoms with Crippen LogP contribution in [0.4, 0.5) is 0 Å². The molecular formula is C12H20N2O2. The monoisotopic (exact) mass is 224 g/mol. The Morgan fingerprint density at radius 2 is 2.19 bits per heavy atom. The van der Waals surface area contributed by atoms with Gasteiger partial charge in [-0.05, 0) is 5.56 Å². The highest BCUT2D eigenvalue weighted by atomic mass is 16.5. The Labute approximate surface area is 97.5 Å². The van der Waals surface area contributed by atoms with Crippen LogP contribution < -0.4 is 10.1 Å². The van der Waals surface area contributed by atoms with E-state index < -0.39 is 0 Å². The maximum Gasteiger partial charge on any atom is 0.225 e. The zero-order valence-corrected chi connectivity index (χ0v) is 10.2. The number of ether oxygens (including phenoxy) is 1. The van der Waals surface area contributed by atoms with Crippen LogP contribution in [0.25, 0.3) is 0 Å². The van der Waals surface area contributed by atoms with Gasteiger partial charge in [0.05, 0.1) is 7.11 Å². The standard InChI is InChI=1S/C12H18N2O2.H2/c1-12(2,3)11(15)14-8-9-5-6-10(16-4)13-7-9;/h5-7H,8H2,1-4H3,(H,14,15);1H. The zero-order chi connectivity index (χ0) is 12.2. The first-order chi connectivity index (χ1) is 7.43. The number of pyridine rings is 1. The number of carbonyl (C=O) groups excluding carboxylic acids is 1. The Morgan fingerprint density at radius 3 is 2.62 bits per heavy atom. The summed E-state index contributed by atoms with van der Waals surface area (Å²) in [7, 11) is 1.57. The smallest absolute Gasteiger partial charge is 0.225 e. The minimum atomic E-state index is -0.361. The molecule has 1 heterocycles. The summed E-state index contributed by atoms with van der Waals surface area (Å²) in [6.07, 6.45) is 1.70. The molecular weight excluding hydrogens is 204 g/mol. The molecule has 0 radical (unpaired) electrons. The van der Waals surface area contributed by atoms with Crippen LogP contribution in [0, 0.1) is 5.41 Å². The van der Waals surface area contributed by atoms with E-state index in [1.807, 2.05) is 26.8 Å². The second-order valence-corrected chi connectivity index (χ2v) is 4.64. The summed E-state index contributed by atoms with van der Waals surface area (Å²) in [5.41, 5.74) is 0.596. The Bertz CT molecular complexity index is 358. The van der Waals surface area contributed by atoms with Crippen molar-refractivity contribution in [3.05, 3.63) is 23.9 Å². The van der Waals surface area contributed by atoms with E-state index >= 15 is 0 Å². The summed E-state index contributed by atoms with van der Waals surface area (Å²) in [5, 5.41) is 2.86. The van der Waals surface area contributed by atoms with Crippen LogP contribution in [0.1, 0.15) is 27.8 Å². The largest absolute Gasteiger partial charge is 0.481 e. The van der Waals surface area contributed by atoms with E-state index in [4.69, 9.17) is 4.74 Å². The number of nitrogens with one attached hydrogen (secondary N) is 1. The van der Waals surface area contributed by atoms with E-state index in [1.54, 1.807) is 19.4 Å². The predicted molar refractivity (Wildman–Crippen MR) is 64.2 cm³/mol. The quantitative estimate of drug-likeness (QED) is 0.854. The lowest BCUT2D eigenvalue weighted by Gasteiger charge is -2.17. The Balaban J connectivity index is 0.00000256. The van der Waals surface area contributed by atoms with Gasteiger partial charge in [0.25, 0.3) is 0 Å². The average Bonchev–Trinajstić information content (AvgIpc) is 2.25. The van der Waals surface area contributed by atoms with Crippen molar-refractivity contribution < 1.29 is 11.0 Å². The van der Waals surface area contributed by atoms with Gasteiger partial charge in [-0.2, -0.15) is 0 Å². The minimum Gasteiger partial charge on any atom is -0.481 e. The summed E-state index contributed by atoms with van der Waals surface area (Å²) in [5.74, 6) is 0.606. The number of hydrogen-bond acceptors (Lipinski definition) is 3. The number of methoxy groups -OCH3 is 1. The normalized spacial score (nSPS) is 11.0. The fourth-order valence-electron chi connectivity index (χ4n) is 1.08. The van der Waals surface area contributed by atoms with Crippen LogP contribution in [-0.2, 0) is 11.3 Å². The molecule has 4 heteroatoms. The molecule has 1 aromatic rings. The lowest BCUT2D eigenvalue weighted by atomic mass is 9.96. The predicted octanol–water partition coefficient (Wildman–Crippen LogP) is 2.00. The first-order valence-electron chi connectivity index (χ1n) is 5.20.